The lowest BCUT2D eigenvalue weighted by Crippen LogP contribution is -2.42. The van der Waals surface area contributed by atoms with E-state index in [1.807, 2.05) is 0 Å². The fourth-order valence-electron chi connectivity index (χ4n) is 2.17. The second-order valence-corrected chi connectivity index (χ2v) is 4.41. The number of piperidine rings is 1. The summed E-state index contributed by atoms with van der Waals surface area (Å²) in [6, 6.07) is 3.43. The number of aromatic hydroxyl groups is 1. The summed E-state index contributed by atoms with van der Waals surface area (Å²) in [6.07, 6.45) is 1.83. The quantitative estimate of drug-likeness (QED) is 0.874. The zero-order valence-electron chi connectivity index (χ0n) is 10.2. The van der Waals surface area contributed by atoms with Crippen LogP contribution in [-0.2, 0) is 4.74 Å². The molecular weight excluding hydrogens is 237 g/mol. The maximum absolute atomic E-state index is 12.9. The lowest BCUT2D eigenvalue weighted by Gasteiger charge is -2.32. The van der Waals surface area contributed by atoms with E-state index in [9.17, 15) is 14.3 Å². The van der Waals surface area contributed by atoms with Crippen molar-refractivity contribution in [2.75, 3.05) is 20.2 Å². The number of carbonyl (C=O) groups excluding carboxylic acids is 1. The van der Waals surface area contributed by atoms with Crippen LogP contribution in [0.3, 0.4) is 0 Å². The first-order valence-corrected chi connectivity index (χ1v) is 5.92. The number of hydrogen-bond acceptors (Lipinski definition) is 3. The Morgan fingerprint density at radius 2 is 2.33 bits per heavy atom. The van der Waals surface area contributed by atoms with Gasteiger partial charge in [0, 0.05) is 26.3 Å². The third-order valence-electron chi connectivity index (χ3n) is 3.19. The van der Waals surface area contributed by atoms with Crippen LogP contribution < -0.4 is 0 Å². The van der Waals surface area contributed by atoms with Gasteiger partial charge in [-0.25, -0.2) is 4.39 Å². The van der Waals surface area contributed by atoms with Gasteiger partial charge in [0.15, 0.2) is 0 Å². The van der Waals surface area contributed by atoms with Crippen molar-refractivity contribution in [1.29, 1.82) is 0 Å². The lowest BCUT2D eigenvalue weighted by molar-refractivity contribution is 0.0267. The molecule has 1 heterocycles. The SMILES string of the molecule is COC1CCCN(C(=O)c2ccc(F)cc2O)C1. The molecule has 98 valence electrons. The van der Waals surface area contributed by atoms with Crippen LogP contribution in [-0.4, -0.2) is 42.2 Å². The minimum Gasteiger partial charge on any atom is -0.507 e. The summed E-state index contributed by atoms with van der Waals surface area (Å²) in [4.78, 5) is 13.8. The number of phenols is 1. The second-order valence-electron chi connectivity index (χ2n) is 4.41. The first kappa shape index (κ1) is 12.8. The Kier molecular flexibility index (Phi) is 3.81. The van der Waals surface area contributed by atoms with E-state index >= 15 is 0 Å². The van der Waals surface area contributed by atoms with Gasteiger partial charge < -0.3 is 14.7 Å². The number of halogens is 1. The molecule has 0 spiro atoms. The average molecular weight is 253 g/mol. The summed E-state index contributed by atoms with van der Waals surface area (Å²) >= 11 is 0. The van der Waals surface area contributed by atoms with Crippen molar-refractivity contribution in [3.8, 4) is 5.75 Å². The van der Waals surface area contributed by atoms with E-state index in [4.69, 9.17) is 4.74 Å². The number of methoxy groups -OCH3 is 1. The predicted octanol–water partition coefficient (Wildman–Crippen LogP) is 1.78. The second kappa shape index (κ2) is 5.35. The zero-order valence-corrected chi connectivity index (χ0v) is 10.2. The number of carbonyl (C=O) groups is 1. The van der Waals surface area contributed by atoms with Crippen molar-refractivity contribution in [3.63, 3.8) is 0 Å². The van der Waals surface area contributed by atoms with Crippen LogP contribution in [0.15, 0.2) is 18.2 Å². The molecule has 2 rings (SSSR count). The van der Waals surface area contributed by atoms with Gasteiger partial charge in [-0.05, 0) is 25.0 Å². The molecule has 0 radical (unpaired) electrons. The molecule has 1 aliphatic rings. The maximum Gasteiger partial charge on any atom is 0.257 e. The van der Waals surface area contributed by atoms with E-state index in [2.05, 4.69) is 0 Å². The summed E-state index contributed by atoms with van der Waals surface area (Å²) in [5.74, 6) is -1.16. The van der Waals surface area contributed by atoms with Crippen LogP contribution in [0.4, 0.5) is 4.39 Å². The summed E-state index contributed by atoms with van der Waals surface area (Å²) in [6.45, 7) is 1.14. The molecule has 1 saturated heterocycles. The van der Waals surface area contributed by atoms with Gasteiger partial charge in [-0.15, -0.1) is 0 Å². The Morgan fingerprint density at radius 3 is 3.00 bits per heavy atom. The Hall–Kier alpha value is -1.62. The lowest BCUT2D eigenvalue weighted by atomic mass is 10.1. The summed E-state index contributed by atoms with van der Waals surface area (Å²) in [5.41, 5.74) is 0.133. The van der Waals surface area contributed by atoms with E-state index in [0.717, 1.165) is 18.9 Å². The molecule has 0 saturated carbocycles. The van der Waals surface area contributed by atoms with Crippen molar-refractivity contribution < 1.29 is 19.0 Å². The number of likely N-dealkylation sites (tertiary alicyclic amines) is 1. The van der Waals surface area contributed by atoms with Crippen molar-refractivity contribution in [2.24, 2.45) is 0 Å². The minimum absolute atomic E-state index is 0.0327. The molecule has 0 aromatic heterocycles. The standard InChI is InChI=1S/C13H16FNO3/c1-18-10-3-2-6-15(8-10)13(17)11-5-4-9(14)7-12(11)16/h4-5,7,10,16H,2-3,6,8H2,1H3. The van der Waals surface area contributed by atoms with Gasteiger partial charge >= 0.3 is 0 Å². The van der Waals surface area contributed by atoms with Gasteiger partial charge in [0.2, 0.25) is 0 Å². The van der Waals surface area contributed by atoms with E-state index in [0.29, 0.717) is 13.1 Å². The Bertz CT molecular complexity index is 450. The van der Waals surface area contributed by atoms with Crippen LogP contribution in [0.1, 0.15) is 23.2 Å². The maximum atomic E-state index is 12.9. The minimum atomic E-state index is -0.558. The number of benzene rings is 1. The van der Waals surface area contributed by atoms with E-state index in [-0.39, 0.29) is 23.3 Å². The van der Waals surface area contributed by atoms with Crippen molar-refractivity contribution in [1.82, 2.24) is 4.90 Å². The Balaban J connectivity index is 2.15. The first-order chi connectivity index (χ1) is 8.61. The normalized spacial score (nSPS) is 19.9. The topological polar surface area (TPSA) is 49.8 Å². The van der Waals surface area contributed by atoms with Gasteiger partial charge in [-0.1, -0.05) is 0 Å². The van der Waals surface area contributed by atoms with Gasteiger partial charge in [-0.2, -0.15) is 0 Å². The highest BCUT2D eigenvalue weighted by Crippen LogP contribution is 2.22. The molecule has 1 aromatic carbocycles. The Morgan fingerprint density at radius 1 is 1.56 bits per heavy atom. The highest BCUT2D eigenvalue weighted by atomic mass is 19.1. The molecule has 1 fully saturated rings. The molecule has 0 bridgehead atoms. The molecule has 1 aromatic rings. The molecule has 1 amide bonds. The van der Waals surface area contributed by atoms with E-state index in [1.54, 1.807) is 12.0 Å². The van der Waals surface area contributed by atoms with Crippen molar-refractivity contribution in [2.45, 2.75) is 18.9 Å². The van der Waals surface area contributed by atoms with Crippen LogP contribution in [0, 0.1) is 5.82 Å². The van der Waals surface area contributed by atoms with E-state index in [1.165, 1.54) is 12.1 Å². The Labute approximate surface area is 105 Å². The van der Waals surface area contributed by atoms with Gasteiger partial charge in [0.1, 0.15) is 11.6 Å². The van der Waals surface area contributed by atoms with Gasteiger partial charge in [-0.3, -0.25) is 4.79 Å². The van der Waals surface area contributed by atoms with Crippen molar-refractivity contribution >= 4 is 5.91 Å². The fourth-order valence-corrected chi connectivity index (χ4v) is 2.17. The molecule has 18 heavy (non-hydrogen) atoms. The van der Waals surface area contributed by atoms with Gasteiger partial charge in [0.25, 0.3) is 5.91 Å². The highest BCUT2D eigenvalue weighted by molar-refractivity contribution is 5.96. The van der Waals surface area contributed by atoms with Crippen LogP contribution >= 0.6 is 0 Å². The fraction of sp³-hybridized carbons (Fsp3) is 0.462. The van der Waals surface area contributed by atoms with Gasteiger partial charge in [0.05, 0.1) is 11.7 Å². The zero-order chi connectivity index (χ0) is 13.1. The number of phenolic OH excluding ortho intramolecular Hbond substituents is 1. The smallest absolute Gasteiger partial charge is 0.257 e. The molecule has 5 heteroatoms. The predicted molar refractivity (Wildman–Crippen MR) is 64.0 cm³/mol. The molecule has 4 nitrogen and oxygen atoms in total. The van der Waals surface area contributed by atoms with Crippen LogP contribution in [0.5, 0.6) is 5.75 Å². The number of amides is 1. The van der Waals surface area contributed by atoms with Crippen LogP contribution in [0.2, 0.25) is 0 Å². The molecule has 0 aliphatic carbocycles. The summed E-state index contributed by atoms with van der Waals surface area (Å²) in [7, 11) is 1.62. The molecule has 1 N–H and O–H groups in total. The summed E-state index contributed by atoms with van der Waals surface area (Å²) in [5, 5.41) is 9.60. The number of nitrogens with zero attached hydrogens (tertiary/aromatic N) is 1. The molecule has 1 aliphatic heterocycles. The number of hydrogen-bond donors (Lipinski definition) is 1. The largest absolute Gasteiger partial charge is 0.507 e. The first-order valence-electron chi connectivity index (χ1n) is 5.92. The number of rotatable bonds is 2. The van der Waals surface area contributed by atoms with E-state index < -0.39 is 5.82 Å². The third-order valence-corrected chi connectivity index (χ3v) is 3.19. The van der Waals surface area contributed by atoms with Crippen molar-refractivity contribution in [3.05, 3.63) is 29.6 Å². The number of ether oxygens (including phenoxy) is 1. The third kappa shape index (κ3) is 2.61. The summed E-state index contributed by atoms with van der Waals surface area (Å²) < 4.78 is 18.1. The molecular formula is C13H16FNO3. The molecule has 1 unspecified atom stereocenters. The van der Waals surface area contributed by atoms with Crippen LogP contribution in [0.25, 0.3) is 0 Å². The monoisotopic (exact) mass is 253 g/mol. The molecule has 1 atom stereocenters. The average Bonchev–Trinajstić information content (AvgIpc) is 2.38. The highest BCUT2D eigenvalue weighted by Gasteiger charge is 2.25.